The SMILES string of the molecule is CN(CC=Cc1ccc(F)cc1)Cc1coc2ccccc12. The van der Waals surface area contributed by atoms with E-state index in [-0.39, 0.29) is 5.82 Å². The van der Waals surface area contributed by atoms with Gasteiger partial charge in [0.1, 0.15) is 11.4 Å². The summed E-state index contributed by atoms with van der Waals surface area (Å²) in [6, 6.07) is 14.6. The molecule has 0 fully saturated rings. The Morgan fingerprint density at radius 1 is 1.09 bits per heavy atom. The summed E-state index contributed by atoms with van der Waals surface area (Å²) in [5.74, 6) is -0.207. The molecule has 0 spiro atoms. The van der Waals surface area contributed by atoms with Crippen molar-refractivity contribution in [2.75, 3.05) is 13.6 Å². The van der Waals surface area contributed by atoms with Gasteiger partial charge in [0.2, 0.25) is 0 Å². The van der Waals surface area contributed by atoms with Gasteiger partial charge in [-0.2, -0.15) is 0 Å². The fourth-order valence-electron chi connectivity index (χ4n) is 2.45. The lowest BCUT2D eigenvalue weighted by Gasteiger charge is -2.13. The van der Waals surface area contributed by atoms with E-state index >= 15 is 0 Å². The van der Waals surface area contributed by atoms with Crippen molar-refractivity contribution in [2.45, 2.75) is 6.54 Å². The molecule has 0 aliphatic rings. The number of likely N-dealkylation sites (N-methyl/N-ethyl adjacent to an activating group) is 1. The second-order valence-electron chi connectivity index (χ2n) is 5.41. The Hall–Kier alpha value is -2.39. The van der Waals surface area contributed by atoms with Crippen LogP contribution in [0.1, 0.15) is 11.1 Å². The minimum absolute atomic E-state index is 0.207. The van der Waals surface area contributed by atoms with E-state index in [4.69, 9.17) is 4.42 Å². The first-order valence-corrected chi connectivity index (χ1v) is 7.28. The summed E-state index contributed by atoms with van der Waals surface area (Å²) in [7, 11) is 2.07. The summed E-state index contributed by atoms with van der Waals surface area (Å²) in [6.45, 7) is 1.64. The number of fused-ring (bicyclic) bond motifs is 1. The molecule has 2 aromatic carbocycles. The molecule has 0 atom stereocenters. The van der Waals surface area contributed by atoms with Crippen molar-refractivity contribution in [3.63, 3.8) is 0 Å². The predicted octanol–water partition coefficient (Wildman–Crippen LogP) is 4.72. The highest BCUT2D eigenvalue weighted by Gasteiger charge is 2.06. The van der Waals surface area contributed by atoms with E-state index in [0.29, 0.717) is 0 Å². The van der Waals surface area contributed by atoms with Crippen molar-refractivity contribution < 1.29 is 8.81 Å². The quantitative estimate of drug-likeness (QED) is 0.677. The third-order valence-electron chi connectivity index (χ3n) is 3.60. The van der Waals surface area contributed by atoms with Crippen molar-refractivity contribution in [3.05, 3.63) is 77.8 Å². The first kappa shape index (κ1) is 14.5. The smallest absolute Gasteiger partial charge is 0.134 e. The molecule has 0 radical (unpaired) electrons. The summed E-state index contributed by atoms with van der Waals surface area (Å²) >= 11 is 0. The van der Waals surface area contributed by atoms with Gasteiger partial charge in [-0.25, -0.2) is 4.39 Å². The number of rotatable bonds is 5. The summed E-state index contributed by atoms with van der Waals surface area (Å²) in [4.78, 5) is 2.21. The molecule has 0 saturated carbocycles. The maximum atomic E-state index is 12.8. The van der Waals surface area contributed by atoms with Gasteiger partial charge in [0.25, 0.3) is 0 Å². The average Bonchev–Trinajstić information content (AvgIpc) is 2.93. The Bertz CT molecular complexity index is 773. The maximum Gasteiger partial charge on any atom is 0.134 e. The topological polar surface area (TPSA) is 16.4 Å². The Labute approximate surface area is 129 Å². The monoisotopic (exact) mass is 295 g/mol. The second kappa shape index (κ2) is 6.58. The number of halogens is 1. The number of hydrogen-bond acceptors (Lipinski definition) is 2. The van der Waals surface area contributed by atoms with Gasteiger partial charge in [-0.05, 0) is 30.8 Å². The highest BCUT2D eigenvalue weighted by Crippen LogP contribution is 2.21. The van der Waals surface area contributed by atoms with Crippen molar-refractivity contribution in [1.29, 1.82) is 0 Å². The maximum absolute atomic E-state index is 12.8. The largest absolute Gasteiger partial charge is 0.464 e. The van der Waals surface area contributed by atoms with Crippen molar-refractivity contribution >= 4 is 17.0 Å². The normalized spacial score (nSPS) is 11.8. The number of furan rings is 1. The lowest BCUT2D eigenvalue weighted by atomic mass is 10.1. The molecule has 0 aliphatic heterocycles. The van der Waals surface area contributed by atoms with E-state index in [2.05, 4.69) is 24.1 Å². The summed E-state index contributed by atoms with van der Waals surface area (Å²) in [5.41, 5.74) is 3.12. The summed E-state index contributed by atoms with van der Waals surface area (Å²) in [5, 5.41) is 1.16. The molecule has 0 unspecified atom stereocenters. The molecule has 22 heavy (non-hydrogen) atoms. The summed E-state index contributed by atoms with van der Waals surface area (Å²) < 4.78 is 18.4. The highest BCUT2D eigenvalue weighted by atomic mass is 19.1. The molecule has 0 bridgehead atoms. The lowest BCUT2D eigenvalue weighted by Crippen LogP contribution is -2.17. The number of hydrogen-bond donors (Lipinski definition) is 0. The van der Waals surface area contributed by atoms with Crippen LogP contribution in [0.3, 0.4) is 0 Å². The average molecular weight is 295 g/mol. The Morgan fingerprint density at radius 3 is 2.68 bits per heavy atom. The van der Waals surface area contributed by atoms with Crippen LogP contribution in [0.2, 0.25) is 0 Å². The number of benzene rings is 2. The van der Waals surface area contributed by atoms with E-state index < -0.39 is 0 Å². The molecule has 2 nitrogen and oxygen atoms in total. The molecule has 112 valence electrons. The van der Waals surface area contributed by atoms with Gasteiger partial charge >= 0.3 is 0 Å². The first-order valence-electron chi connectivity index (χ1n) is 7.28. The van der Waals surface area contributed by atoms with Crippen molar-refractivity contribution in [3.8, 4) is 0 Å². The van der Waals surface area contributed by atoms with Crippen LogP contribution in [0.4, 0.5) is 4.39 Å². The molecule has 0 aliphatic carbocycles. The molecule has 0 amide bonds. The Balaban J connectivity index is 1.60. The Kier molecular flexibility index (Phi) is 4.35. The molecule has 3 rings (SSSR count). The second-order valence-corrected chi connectivity index (χ2v) is 5.41. The molecule has 1 heterocycles. The fraction of sp³-hybridized carbons (Fsp3) is 0.158. The van der Waals surface area contributed by atoms with Crippen LogP contribution in [-0.4, -0.2) is 18.5 Å². The molecular weight excluding hydrogens is 277 g/mol. The molecule has 3 heteroatoms. The summed E-state index contributed by atoms with van der Waals surface area (Å²) in [6.07, 6.45) is 5.91. The predicted molar refractivity (Wildman–Crippen MR) is 88.0 cm³/mol. The van der Waals surface area contributed by atoms with Crippen molar-refractivity contribution in [1.82, 2.24) is 4.90 Å². The van der Waals surface area contributed by atoms with Gasteiger partial charge in [0.05, 0.1) is 6.26 Å². The standard InChI is InChI=1S/C19H18FNO/c1-21(12-4-5-15-8-10-17(20)11-9-15)13-16-14-22-19-7-3-2-6-18(16)19/h2-11,14H,12-13H2,1H3. The molecular formula is C19H18FNO. The van der Waals surface area contributed by atoms with Crippen LogP contribution in [0, 0.1) is 5.82 Å². The number of nitrogens with zero attached hydrogens (tertiary/aromatic N) is 1. The molecule has 3 aromatic rings. The minimum atomic E-state index is -0.207. The van der Waals surface area contributed by atoms with Crippen LogP contribution in [0.15, 0.2) is 65.3 Å². The Morgan fingerprint density at radius 2 is 1.86 bits per heavy atom. The zero-order chi connectivity index (χ0) is 15.4. The van der Waals surface area contributed by atoms with Crippen LogP contribution in [-0.2, 0) is 6.54 Å². The van der Waals surface area contributed by atoms with Crippen LogP contribution in [0.25, 0.3) is 17.0 Å². The van der Waals surface area contributed by atoms with E-state index in [1.54, 1.807) is 12.1 Å². The van der Waals surface area contributed by atoms with Gasteiger partial charge in [0, 0.05) is 24.0 Å². The van der Waals surface area contributed by atoms with Crippen molar-refractivity contribution in [2.24, 2.45) is 0 Å². The molecule has 1 aromatic heterocycles. The molecule has 0 saturated heterocycles. The van der Waals surface area contributed by atoms with E-state index in [1.807, 2.05) is 30.5 Å². The van der Waals surface area contributed by atoms with Gasteiger partial charge in [-0.15, -0.1) is 0 Å². The van der Waals surface area contributed by atoms with E-state index in [0.717, 1.165) is 29.6 Å². The minimum Gasteiger partial charge on any atom is -0.464 e. The lowest BCUT2D eigenvalue weighted by molar-refractivity contribution is 0.363. The fourth-order valence-corrected chi connectivity index (χ4v) is 2.45. The van der Waals surface area contributed by atoms with Gasteiger partial charge < -0.3 is 4.42 Å². The van der Waals surface area contributed by atoms with E-state index in [1.165, 1.54) is 17.7 Å². The van der Waals surface area contributed by atoms with Crippen LogP contribution in [0.5, 0.6) is 0 Å². The third kappa shape index (κ3) is 3.43. The zero-order valence-electron chi connectivity index (χ0n) is 12.5. The number of para-hydroxylation sites is 1. The molecule has 0 N–H and O–H groups in total. The van der Waals surface area contributed by atoms with Crippen LogP contribution < -0.4 is 0 Å². The van der Waals surface area contributed by atoms with Crippen LogP contribution >= 0.6 is 0 Å². The highest BCUT2D eigenvalue weighted by molar-refractivity contribution is 5.80. The van der Waals surface area contributed by atoms with E-state index in [9.17, 15) is 4.39 Å². The van der Waals surface area contributed by atoms with Gasteiger partial charge in [-0.1, -0.05) is 42.5 Å². The van der Waals surface area contributed by atoms with Gasteiger partial charge in [0.15, 0.2) is 0 Å². The van der Waals surface area contributed by atoms with Gasteiger partial charge in [-0.3, -0.25) is 4.90 Å². The zero-order valence-corrected chi connectivity index (χ0v) is 12.5. The third-order valence-corrected chi connectivity index (χ3v) is 3.60. The first-order chi connectivity index (χ1) is 10.7.